The second-order valence-electron chi connectivity index (χ2n) is 16.9. The molecule has 1 heteroatoms. The van der Waals surface area contributed by atoms with Crippen molar-refractivity contribution in [3.63, 3.8) is 0 Å². The van der Waals surface area contributed by atoms with Crippen LogP contribution in [0.15, 0.2) is 188 Å². The summed E-state index contributed by atoms with van der Waals surface area (Å²) in [4.78, 5) is 2.47. The summed E-state index contributed by atoms with van der Waals surface area (Å²) in [5.41, 5.74) is 21.5. The van der Waals surface area contributed by atoms with Gasteiger partial charge in [0.15, 0.2) is 0 Å². The van der Waals surface area contributed by atoms with E-state index in [4.69, 9.17) is 0 Å². The third-order valence-electron chi connectivity index (χ3n) is 13.4. The highest BCUT2D eigenvalue weighted by atomic mass is 15.1. The van der Waals surface area contributed by atoms with Crippen LogP contribution >= 0.6 is 0 Å². The fraction of sp³-hybridized carbons (Fsp3) is 0.127. The highest BCUT2D eigenvalue weighted by molar-refractivity contribution is 5.92. The molecule has 0 unspecified atom stereocenters. The lowest BCUT2D eigenvalue weighted by atomic mass is 9.55. The molecule has 3 aliphatic carbocycles. The minimum Gasteiger partial charge on any atom is -0.310 e. The molecule has 0 saturated carbocycles. The summed E-state index contributed by atoms with van der Waals surface area (Å²) in [6, 6.07) is 70.6. The van der Waals surface area contributed by atoms with Crippen LogP contribution < -0.4 is 4.90 Å². The van der Waals surface area contributed by atoms with Gasteiger partial charge < -0.3 is 4.90 Å². The van der Waals surface area contributed by atoms with Crippen molar-refractivity contribution in [3.8, 4) is 33.4 Å². The van der Waals surface area contributed by atoms with E-state index in [0.29, 0.717) is 0 Å². The van der Waals surface area contributed by atoms with Crippen LogP contribution in [0.1, 0.15) is 72.2 Å². The van der Waals surface area contributed by atoms with Gasteiger partial charge in [-0.2, -0.15) is 0 Å². The fourth-order valence-electron chi connectivity index (χ4n) is 10.7. The van der Waals surface area contributed by atoms with E-state index < -0.39 is 5.41 Å². The van der Waals surface area contributed by atoms with Gasteiger partial charge in [-0.25, -0.2) is 0 Å². The maximum absolute atomic E-state index is 2.47. The molecule has 56 heavy (non-hydrogen) atoms. The molecular formula is C55H43N. The molecular weight excluding hydrogens is 675 g/mol. The zero-order valence-corrected chi connectivity index (χ0v) is 32.3. The molecule has 1 spiro atoms. The Morgan fingerprint density at radius 1 is 0.286 bits per heavy atom. The number of anilines is 3. The van der Waals surface area contributed by atoms with E-state index in [1.165, 1.54) is 77.9 Å². The molecule has 268 valence electrons. The Morgan fingerprint density at radius 2 is 0.714 bits per heavy atom. The van der Waals surface area contributed by atoms with E-state index in [-0.39, 0.29) is 10.8 Å². The Kier molecular flexibility index (Phi) is 6.93. The molecule has 0 atom stereocenters. The average molecular weight is 718 g/mol. The first kappa shape index (κ1) is 32.9. The predicted octanol–water partition coefficient (Wildman–Crippen LogP) is 14.1. The molecule has 11 rings (SSSR count). The Hall–Kier alpha value is -6.44. The van der Waals surface area contributed by atoms with Gasteiger partial charge in [-0.15, -0.1) is 0 Å². The van der Waals surface area contributed by atoms with Crippen LogP contribution in [0.4, 0.5) is 17.1 Å². The maximum Gasteiger partial charge on any atom is 0.0719 e. The second-order valence-corrected chi connectivity index (χ2v) is 16.9. The minimum atomic E-state index is -0.418. The van der Waals surface area contributed by atoms with E-state index in [1.54, 1.807) is 0 Å². The van der Waals surface area contributed by atoms with Gasteiger partial charge in [-0.3, -0.25) is 0 Å². The van der Waals surface area contributed by atoms with Gasteiger partial charge >= 0.3 is 0 Å². The average Bonchev–Trinajstić information content (AvgIpc) is 3.66. The van der Waals surface area contributed by atoms with Gasteiger partial charge in [0, 0.05) is 27.9 Å². The largest absolute Gasteiger partial charge is 0.310 e. The van der Waals surface area contributed by atoms with Crippen molar-refractivity contribution in [3.05, 3.63) is 233 Å². The highest BCUT2D eigenvalue weighted by Gasteiger charge is 2.53. The zero-order chi connectivity index (χ0) is 37.8. The van der Waals surface area contributed by atoms with Gasteiger partial charge in [0.05, 0.1) is 5.41 Å². The normalized spacial score (nSPS) is 15.6. The van der Waals surface area contributed by atoms with Crippen LogP contribution in [-0.2, 0) is 16.2 Å². The van der Waals surface area contributed by atoms with Crippen molar-refractivity contribution in [1.82, 2.24) is 0 Å². The molecule has 0 saturated heterocycles. The van der Waals surface area contributed by atoms with E-state index in [0.717, 1.165) is 17.1 Å². The number of fused-ring (bicyclic) bond motifs is 12. The molecule has 3 aliphatic rings. The molecule has 1 nitrogen and oxygen atoms in total. The van der Waals surface area contributed by atoms with Crippen LogP contribution in [0.25, 0.3) is 33.4 Å². The summed E-state index contributed by atoms with van der Waals surface area (Å²) in [6.45, 7) is 9.51. The third-order valence-corrected chi connectivity index (χ3v) is 13.4. The van der Waals surface area contributed by atoms with Gasteiger partial charge in [0.2, 0.25) is 0 Å². The van der Waals surface area contributed by atoms with E-state index in [9.17, 15) is 0 Å². The quantitative estimate of drug-likeness (QED) is 0.175. The smallest absolute Gasteiger partial charge is 0.0719 e. The fourth-order valence-corrected chi connectivity index (χ4v) is 10.7. The van der Waals surface area contributed by atoms with Gasteiger partial charge in [-0.1, -0.05) is 179 Å². The van der Waals surface area contributed by atoms with Crippen LogP contribution in [0.5, 0.6) is 0 Å². The van der Waals surface area contributed by atoms with Gasteiger partial charge in [0.25, 0.3) is 0 Å². The van der Waals surface area contributed by atoms with Crippen molar-refractivity contribution in [2.75, 3.05) is 4.90 Å². The maximum atomic E-state index is 2.47. The second kappa shape index (κ2) is 11.8. The summed E-state index contributed by atoms with van der Waals surface area (Å²) >= 11 is 0. The first-order valence-electron chi connectivity index (χ1n) is 19.9. The summed E-state index contributed by atoms with van der Waals surface area (Å²) in [7, 11) is 0. The standard InChI is InChI=1S/C55H43N/c1-53(2)45-20-10-8-18-41(45)43-32-30-40(35-52(43)53)56(38-28-26-37(27-29-38)36-16-6-5-7-17-36)39-31-33-47-44(34-39)42-19-9-11-21-46(42)55(47)50-24-14-12-22-48(50)54(3,4)49-23-13-15-25-51(49)55/h5-35H,1-4H3. The Bertz CT molecular complexity index is 2810. The monoisotopic (exact) mass is 717 g/mol. The lowest BCUT2D eigenvalue weighted by Gasteiger charge is -2.46. The molecule has 0 heterocycles. The Morgan fingerprint density at radius 3 is 1.38 bits per heavy atom. The molecule has 0 fully saturated rings. The topological polar surface area (TPSA) is 3.24 Å². The van der Waals surface area contributed by atoms with Crippen LogP contribution in [0, 0.1) is 0 Å². The van der Waals surface area contributed by atoms with Crippen molar-refractivity contribution >= 4 is 17.1 Å². The first-order valence-corrected chi connectivity index (χ1v) is 19.9. The van der Waals surface area contributed by atoms with Crippen LogP contribution in [0.2, 0.25) is 0 Å². The van der Waals surface area contributed by atoms with Gasteiger partial charge in [0.1, 0.15) is 0 Å². The zero-order valence-electron chi connectivity index (χ0n) is 32.3. The number of rotatable bonds is 4. The molecule has 0 N–H and O–H groups in total. The van der Waals surface area contributed by atoms with E-state index in [2.05, 4.69) is 221 Å². The van der Waals surface area contributed by atoms with E-state index in [1.807, 2.05) is 0 Å². The predicted molar refractivity (Wildman–Crippen MR) is 234 cm³/mol. The third kappa shape index (κ3) is 4.37. The van der Waals surface area contributed by atoms with Crippen molar-refractivity contribution in [2.45, 2.75) is 43.9 Å². The molecule has 8 aromatic carbocycles. The number of benzene rings is 8. The molecule has 0 bridgehead atoms. The van der Waals surface area contributed by atoms with Crippen molar-refractivity contribution in [2.24, 2.45) is 0 Å². The highest BCUT2D eigenvalue weighted by Crippen LogP contribution is 2.62. The molecule has 0 radical (unpaired) electrons. The number of hydrogen-bond acceptors (Lipinski definition) is 1. The SMILES string of the molecule is CC1(C)c2ccccc2-c2ccc(N(c3ccc(-c4ccccc4)cc3)c3ccc4c(c3)-c3ccccc3C43c4ccccc4C(C)(C)c4ccccc43)cc21. The number of hydrogen-bond donors (Lipinski definition) is 0. The first-order chi connectivity index (χ1) is 27.3. The summed E-state index contributed by atoms with van der Waals surface area (Å²) in [6.07, 6.45) is 0. The summed E-state index contributed by atoms with van der Waals surface area (Å²) < 4.78 is 0. The molecule has 0 aliphatic heterocycles. The number of nitrogens with zero attached hydrogens (tertiary/aromatic N) is 1. The molecule has 0 amide bonds. The molecule has 8 aromatic rings. The summed E-state index contributed by atoms with van der Waals surface area (Å²) in [5, 5.41) is 0. The van der Waals surface area contributed by atoms with Crippen LogP contribution in [-0.4, -0.2) is 0 Å². The molecule has 0 aromatic heterocycles. The lowest BCUT2D eigenvalue weighted by Crippen LogP contribution is -2.40. The van der Waals surface area contributed by atoms with Crippen molar-refractivity contribution in [1.29, 1.82) is 0 Å². The van der Waals surface area contributed by atoms with Gasteiger partial charge in [-0.05, 0) is 114 Å². The minimum absolute atomic E-state index is 0.108. The Labute approximate surface area is 330 Å². The van der Waals surface area contributed by atoms with Crippen LogP contribution in [0.3, 0.4) is 0 Å². The van der Waals surface area contributed by atoms with E-state index >= 15 is 0 Å². The summed E-state index contributed by atoms with van der Waals surface area (Å²) in [5.74, 6) is 0. The Balaban J connectivity index is 1.14. The lowest BCUT2D eigenvalue weighted by molar-refractivity contribution is 0.563. The van der Waals surface area contributed by atoms with Crippen molar-refractivity contribution < 1.29 is 0 Å².